The summed E-state index contributed by atoms with van der Waals surface area (Å²) in [7, 11) is 2.06. The summed E-state index contributed by atoms with van der Waals surface area (Å²) in [6.45, 7) is 3.98. The lowest BCUT2D eigenvalue weighted by Crippen LogP contribution is -2.25. The van der Waals surface area contributed by atoms with Gasteiger partial charge in [-0.25, -0.2) is 4.98 Å². The quantitative estimate of drug-likeness (QED) is 0.442. The molecule has 29 heavy (non-hydrogen) atoms. The lowest BCUT2D eigenvalue weighted by atomic mass is 10.1. The molecule has 2 aromatic carbocycles. The summed E-state index contributed by atoms with van der Waals surface area (Å²) in [6, 6.07) is 15.5. The second-order valence-corrected chi connectivity index (χ2v) is 8.37. The van der Waals surface area contributed by atoms with Crippen molar-refractivity contribution in [3.8, 4) is 21.8 Å². The van der Waals surface area contributed by atoms with Gasteiger partial charge >= 0.3 is 0 Å². The molecule has 3 rings (SSSR count). The number of nitrogens with zero attached hydrogens (tertiary/aromatic N) is 2. The summed E-state index contributed by atoms with van der Waals surface area (Å²) in [4.78, 5) is 19.1. The molecule has 6 heteroatoms. The van der Waals surface area contributed by atoms with Crippen LogP contribution in [0.2, 0.25) is 5.02 Å². The molecule has 4 nitrogen and oxygen atoms in total. The Morgan fingerprint density at radius 1 is 1.07 bits per heavy atom. The molecule has 0 aliphatic carbocycles. The molecule has 152 valence electrons. The first-order valence-corrected chi connectivity index (χ1v) is 11.1. The molecule has 0 saturated carbocycles. The largest absolute Gasteiger partial charge is 0.326 e. The average Bonchev–Trinajstić information content (AvgIpc) is 3.22. The van der Waals surface area contributed by atoms with Crippen molar-refractivity contribution < 1.29 is 4.79 Å². The third-order valence-corrected chi connectivity index (χ3v) is 5.82. The minimum absolute atomic E-state index is 0.0415. The molecule has 0 atom stereocenters. The Kier molecular flexibility index (Phi) is 7.81. The highest BCUT2D eigenvalue weighted by Gasteiger charge is 2.08. The first kappa shape index (κ1) is 21.5. The number of halogens is 1. The van der Waals surface area contributed by atoms with E-state index in [-0.39, 0.29) is 5.91 Å². The second kappa shape index (κ2) is 10.5. The van der Waals surface area contributed by atoms with Gasteiger partial charge in [0, 0.05) is 40.2 Å². The third-order valence-electron chi connectivity index (χ3n) is 4.67. The van der Waals surface area contributed by atoms with Crippen LogP contribution in [-0.2, 0) is 4.79 Å². The number of hydrogen-bond acceptors (Lipinski definition) is 4. The van der Waals surface area contributed by atoms with E-state index in [0.29, 0.717) is 6.42 Å². The van der Waals surface area contributed by atoms with E-state index in [1.54, 1.807) is 11.3 Å². The number of benzene rings is 2. The van der Waals surface area contributed by atoms with Crippen LogP contribution in [0.3, 0.4) is 0 Å². The maximum atomic E-state index is 12.2. The number of carbonyl (C=O) groups excluding carboxylic acids is 1. The summed E-state index contributed by atoms with van der Waals surface area (Å²) in [6.07, 6.45) is 2.83. The van der Waals surface area contributed by atoms with E-state index in [4.69, 9.17) is 16.6 Å². The standard InChI is InChI=1S/C23H26ClN3OS/c1-3-4-14-27(2)15-13-22(28)25-20-11-7-17(8-12-20)21-16-29-23(26-21)18-5-9-19(24)10-6-18/h5-12,16H,3-4,13-15H2,1-2H3,(H,25,28). The Labute approximate surface area is 181 Å². The Morgan fingerprint density at radius 3 is 2.45 bits per heavy atom. The van der Waals surface area contributed by atoms with Crippen LogP contribution in [0.4, 0.5) is 5.69 Å². The van der Waals surface area contributed by atoms with E-state index in [1.165, 1.54) is 6.42 Å². The number of aromatic nitrogens is 1. The highest BCUT2D eigenvalue weighted by molar-refractivity contribution is 7.13. The zero-order valence-electron chi connectivity index (χ0n) is 16.8. The van der Waals surface area contributed by atoms with Gasteiger partial charge < -0.3 is 10.2 Å². The smallest absolute Gasteiger partial charge is 0.225 e. The van der Waals surface area contributed by atoms with Gasteiger partial charge in [-0.1, -0.05) is 49.2 Å². The number of carbonyl (C=O) groups is 1. The van der Waals surface area contributed by atoms with Crippen LogP contribution in [0.1, 0.15) is 26.2 Å². The topological polar surface area (TPSA) is 45.2 Å². The van der Waals surface area contributed by atoms with Crippen LogP contribution in [0.15, 0.2) is 53.9 Å². The van der Waals surface area contributed by atoms with E-state index in [0.717, 1.165) is 52.0 Å². The average molecular weight is 428 g/mol. The molecule has 0 bridgehead atoms. The van der Waals surface area contributed by atoms with E-state index in [2.05, 4.69) is 24.2 Å². The van der Waals surface area contributed by atoms with Gasteiger partial charge in [-0.3, -0.25) is 4.79 Å². The number of amides is 1. The second-order valence-electron chi connectivity index (χ2n) is 7.08. The number of anilines is 1. The molecule has 0 aliphatic heterocycles. The maximum absolute atomic E-state index is 12.2. The van der Waals surface area contributed by atoms with Crippen LogP contribution < -0.4 is 5.32 Å². The minimum atomic E-state index is 0.0415. The highest BCUT2D eigenvalue weighted by atomic mass is 35.5. The van der Waals surface area contributed by atoms with Gasteiger partial charge in [-0.2, -0.15) is 0 Å². The van der Waals surface area contributed by atoms with Gasteiger partial charge in [0.05, 0.1) is 5.69 Å². The summed E-state index contributed by atoms with van der Waals surface area (Å²) >= 11 is 7.56. The SMILES string of the molecule is CCCCN(C)CCC(=O)Nc1ccc(-c2csc(-c3ccc(Cl)cc3)n2)cc1. The first-order valence-electron chi connectivity index (χ1n) is 9.85. The molecule has 0 unspecified atom stereocenters. The third kappa shape index (κ3) is 6.39. The van der Waals surface area contributed by atoms with E-state index >= 15 is 0 Å². The lowest BCUT2D eigenvalue weighted by Gasteiger charge is -2.15. The van der Waals surface area contributed by atoms with Crippen molar-refractivity contribution in [1.82, 2.24) is 9.88 Å². The summed E-state index contributed by atoms with van der Waals surface area (Å²) in [5.74, 6) is 0.0415. The fraction of sp³-hybridized carbons (Fsp3) is 0.304. The zero-order valence-corrected chi connectivity index (χ0v) is 18.4. The van der Waals surface area contributed by atoms with Crippen LogP contribution in [0.5, 0.6) is 0 Å². The Bertz CT molecular complexity index is 922. The number of hydrogen-bond donors (Lipinski definition) is 1. The van der Waals surface area contributed by atoms with Crippen molar-refractivity contribution >= 4 is 34.5 Å². The van der Waals surface area contributed by atoms with Gasteiger partial charge in [0.2, 0.25) is 5.91 Å². The summed E-state index contributed by atoms with van der Waals surface area (Å²) in [5.41, 5.74) is 3.82. The van der Waals surface area contributed by atoms with Crippen LogP contribution in [-0.4, -0.2) is 35.9 Å². The molecule has 0 spiro atoms. The molecule has 1 aromatic heterocycles. The normalized spacial score (nSPS) is 11.0. The summed E-state index contributed by atoms with van der Waals surface area (Å²) in [5, 5.41) is 6.70. The van der Waals surface area contributed by atoms with Gasteiger partial charge in [0.25, 0.3) is 0 Å². The summed E-state index contributed by atoms with van der Waals surface area (Å²) < 4.78 is 0. The van der Waals surface area contributed by atoms with Crippen LogP contribution >= 0.6 is 22.9 Å². The highest BCUT2D eigenvalue weighted by Crippen LogP contribution is 2.30. The number of thiazole rings is 1. The van der Waals surface area contributed by atoms with Gasteiger partial charge in [0.15, 0.2) is 0 Å². The first-order chi connectivity index (χ1) is 14.0. The van der Waals surface area contributed by atoms with Crippen molar-refractivity contribution in [3.05, 3.63) is 58.9 Å². The fourth-order valence-corrected chi connectivity index (χ4v) is 3.87. The molecular weight excluding hydrogens is 402 g/mol. The van der Waals surface area contributed by atoms with E-state index in [1.807, 2.05) is 53.9 Å². The predicted octanol–water partition coefficient (Wildman–Crippen LogP) is 6.19. The molecule has 3 aromatic rings. The van der Waals surface area contributed by atoms with Crippen molar-refractivity contribution in [3.63, 3.8) is 0 Å². The molecule has 1 amide bonds. The fourth-order valence-electron chi connectivity index (χ4n) is 2.91. The van der Waals surface area contributed by atoms with Crippen molar-refractivity contribution in [2.24, 2.45) is 0 Å². The van der Waals surface area contributed by atoms with Crippen LogP contribution in [0.25, 0.3) is 21.8 Å². The lowest BCUT2D eigenvalue weighted by molar-refractivity contribution is -0.116. The van der Waals surface area contributed by atoms with Crippen molar-refractivity contribution in [2.45, 2.75) is 26.2 Å². The molecule has 0 saturated heterocycles. The zero-order chi connectivity index (χ0) is 20.6. The Balaban J connectivity index is 1.56. The maximum Gasteiger partial charge on any atom is 0.225 e. The molecular formula is C23H26ClN3OS. The van der Waals surface area contributed by atoms with Gasteiger partial charge in [-0.05, 0) is 44.3 Å². The van der Waals surface area contributed by atoms with E-state index < -0.39 is 0 Å². The molecule has 1 heterocycles. The number of unbranched alkanes of at least 4 members (excludes halogenated alkanes) is 1. The predicted molar refractivity (Wildman–Crippen MR) is 124 cm³/mol. The monoisotopic (exact) mass is 427 g/mol. The molecule has 0 radical (unpaired) electrons. The molecule has 0 fully saturated rings. The number of nitrogens with one attached hydrogen (secondary N) is 1. The van der Waals surface area contributed by atoms with Gasteiger partial charge in [-0.15, -0.1) is 11.3 Å². The molecule has 1 N–H and O–H groups in total. The van der Waals surface area contributed by atoms with Gasteiger partial charge in [0.1, 0.15) is 5.01 Å². The minimum Gasteiger partial charge on any atom is -0.326 e. The van der Waals surface area contributed by atoms with Crippen LogP contribution in [0, 0.1) is 0 Å². The number of rotatable bonds is 9. The van der Waals surface area contributed by atoms with Crippen molar-refractivity contribution in [1.29, 1.82) is 0 Å². The Morgan fingerprint density at radius 2 is 1.76 bits per heavy atom. The van der Waals surface area contributed by atoms with Crippen molar-refractivity contribution in [2.75, 3.05) is 25.5 Å². The molecule has 0 aliphatic rings. The Hall–Kier alpha value is -2.21. The van der Waals surface area contributed by atoms with E-state index in [9.17, 15) is 4.79 Å².